The van der Waals surface area contributed by atoms with Crippen molar-refractivity contribution in [2.75, 3.05) is 26.4 Å². The Morgan fingerprint density at radius 1 is 0.269 bits per heavy atom. The number of hydrogen-bond donors (Lipinski definition) is 1. The molecule has 0 saturated carbocycles. The molecule has 0 spiro atoms. The Hall–Kier alpha value is -2.41. The van der Waals surface area contributed by atoms with Crippen molar-refractivity contribution in [3.05, 3.63) is 36.5 Å². The molecule has 7 heteroatoms. The molecular weight excluding hydrogens is 965 g/mol. The number of unbranched alkanes of at least 4 members (excludes halogenated alkanes) is 45. The van der Waals surface area contributed by atoms with Gasteiger partial charge in [0.2, 0.25) is 0 Å². The van der Waals surface area contributed by atoms with Crippen LogP contribution in [0.4, 0.5) is 0 Å². The molecule has 0 aromatic carbocycles. The van der Waals surface area contributed by atoms with E-state index in [4.69, 9.17) is 14.2 Å². The van der Waals surface area contributed by atoms with Gasteiger partial charge in [0.25, 0.3) is 0 Å². The zero-order valence-electron chi connectivity index (χ0n) is 52.4. The molecule has 0 aliphatic heterocycles. The summed E-state index contributed by atoms with van der Waals surface area (Å²) in [6, 6.07) is 0. The third-order valence-corrected chi connectivity index (χ3v) is 15.9. The molecule has 78 heavy (non-hydrogen) atoms. The number of ether oxygens (including phenoxy) is 3. The highest BCUT2D eigenvalue weighted by Crippen LogP contribution is 2.23. The van der Waals surface area contributed by atoms with Gasteiger partial charge in [-0.3, -0.25) is 14.4 Å². The van der Waals surface area contributed by atoms with Gasteiger partial charge in [0.05, 0.1) is 12.0 Å². The van der Waals surface area contributed by atoms with Gasteiger partial charge in [-0.2, -0.15) is 0 Å². The van der Waals surface area contributed by atoms with Crippen LogP contribution in [0.3, 0.4) is 0 Å². The van der Waals surface area contributed by atoms with Gasteiger partial charge >= 0.3 is 17.9 Å². The second-order valence-electron chi connectivity index (χ2n) is 23.9. The summed E-state index contributed by atoms with van der Waals surface area (Å²) in [6.45, 7) is 5.90. The summed E-state index contributed by atoms with van der Waals surface area (Å²) in [5, 5.41) is 10.7. The van der Waals surface area contributed by atoms with Crippen molar-refractivity contribution >= 4 is 17.9 Å². The molecule has 0 aromatic heterocycles. The lowest BCUT2D eigenvalue weighted by Gasteiger charge is -2.30. The fraction of sp³-hybridized carbons (Fsp3) is 0.873. The molecule has 0 bridgehead atoms. The van der Waals surface area contributed by atoms with Crippen molar-refractivity contribution in [1.29, 1.82) is 0 Å². The molecule has 0 unspecified atom stereocenters. The van der Waals surface area contributed by atoms with Crippen LogP contribution in [0.2, 0.25) is 0 Å². The minimum atomic E-state index is -1.20. The Labute approximate surface area is 485 Å². The second-order valence-corrected chi connectivity index (χ2v) is 23.9. The number of carbonyl (C=O) groups excluding carboxylic acids is 3. The van der Waals surface area contributed by atoms with Crippen molar-refractivity contribution < 1.29 is 33.7 Å². The average Bonchev–Trinajstić information content (AvgIpc) is 3.45. The van der Waals surface area contributed by atoms with E-state index in [2.05, 4.69) is 57.2 Å². The Morgan fingerprint density at radius 2 is 0.436 bits per heavy atom. The third-order valence-electron chi connectivity index (χ3n) is 15.9. The molecular formula is C71H132O7. The van der Waals surface area contributed by atoms with E-state index in [1.807, 2.05) is 0 Å². The monoisotopic (exact) mass is 1100 g/mol. The fourth-order valence-corrected chi connectivity index (χ4v) is 10.3. The predicted octanol–water partition coefficient (Wildman–Crippen LogP) is 22.4. The van der Waals surface area contributed by atoms with E-state index in [-0.39, 0.29) is 37.7 Å². The maximum Gasteiger partial charge on any atom is 0.305 e. The number of allylic oxidation sites excluding steroid dienone is 6. The summed E-state index contributed by atoms with van der Waals surface area (Å²) < 4.78 is 17.1. The van der Waals surface area contributed by atoms with Crippen LogP contribution < -0.4 is 0 Å². The van der Waals surface area contributed by atoms with Gasteiger partial charge in [-0.1, -0.05) is 288 Å². The molecule has 1 N–H and O–H groups in total. The first kappa shape index (κ1) is 75.6. The first-order valence-corrected chi connectivity index (χ1v) is 34.5. The highest BCUT2D eigenvalue weighted by atomic mass is 16.6. The number of carbonyl (C=O) groups is 3. The Bertz CT molecular complexity index is 1180. The Morgan fingerprint density at radius 3 is 0.615 bits per heavy atom. The summed E-state index contributed by atoms with van der Waals surface area (Å²) in [5.41, 5.74) is -1.20. The summed E-state index contributed by atoms with van der Waals surface area (Å²) in [6.07, 6.45) is 78.4. The molecule has 0 saturated heterocycles. The molecule has 458 valence electrons. The highest BCUT2D eigenvalue weighted by molar-refractivity contribution is 5.70. The van der Waals surface area contributed by atoms with E-state index in [1.54, 1.807) is 0 Å². The quantitative estimate of drug-likeness (QED) is 0.0280. The first-order chi connectivity index (χ1) is 38.4. The molecule has 0 aromatic rings. The van der Waals surface area contributed by atoms with Crippen molar-refractivity contribution in [2.45, 2.75) is 367 Å². The smallest absolute Gasteiger partial charge is 0.305 e. The lowest BCUT2D eigenvalue weighted by atomic mass is 9.92. The summed E-state index contributed by atoms with van der Waals surface area (Å²) in [4.78, 5) is 38.8. The topological polar surface area (TPSA) is 99.1 Å². The van der Waals surface area contributed by atoms with E-state index in [0.29, 0.717) is 19.3 Å². The molecule has 0 atom stereocenters. The number of rotatable bonds is 64. The number of esters is 3. The van der Waals surface area contributed by atoms with E-state index < -0.39 is 12.0 Å². The number of aliphatic hydroxyl groups excluding tert-OH is 1. The maximum absolute atomic E-state index is 12.9. The first-order valence-electron chi connectivity index (χ1n) is 34.5. The number of aliphatic hydroxyl groups is 1. The van der Waals surface area contributed by atoms with Crippen molar-refractivity contribution in [1.82, 2.24) is 0 Å². The van der Waals surface area contributed by atoms with E-state index in [1.165, 1.54) is 270 Å². The Balaban J connectivity index is 4.54. The largest absolute Gasteiger partial charge is 0.465 e. The molecule has 0 fully saturated rings. The van der Waals surface area contributed by atoms with Crippen LogP contribution in [0, 0.1) is 5.41 Å². The van der Waals surface area contributed by atoms with Crippen LogP contribution in [0.1, 0.15) is 367 Å². The van der Waals surface area contributed by atoms with E-state index in [9.17, 15) is 19.5 Å². The van der Waals surface area contributed by atoms with Gasteiger partial charge in [0.15, 0.2) is 0 Å². The van der Waals surface area contributed by atoms with Crippen LogP contribution in [-0.4, -0.2) is 49.4 Å². The van der Waals surface area contributed by atoms with Gasteiger partial charge in [-0.25, -0.2) is 0 Å². The van der Waals surface area contributed by atoms with Crippen LogP contribution in [0.25, 0.3) is 0 Å². The highest BCUT2D eigenvalue weighted by Gasteiger charge is 2.35. The molecule has 0 amide bonds. The SMILES string of the molecule is CCCCCCCC/C=C\CCCCCCCCCCCC(=O)OCC(CO)(COC(=O)CCCCCCCCCCC/C=C\CCCCCCCC)COC(=O)CCCCCCCCCCC/C=C\CCCCCCCC. The minimum Gasteiger partial charge on any atom is -0.465 e. The van der Waals surface area contributed by atoms with Crippen molar-refractivity contribution in [2.24, 2.45) is 5.41 Å². The van der Waals surface area contributed by atoms with E-state index in [0.717, 1.165) is 57.8 Å². The molecule has 0 aliphatic rings. The van der Waals surface area contributed by atoms with Crippen LogP contribution >= 0.6 is 0 Å². The zero-order chi connectivity index (χ0) is 56.6. The lowest BCUT2D eigenvalue weighted by Crippen LogP contribution is -2.42. The summed E-state index contributed by atoms with van der Waals surface area (Å²) >= 11 is 0. The van der Waals surface area contributed by atoms with Gasteiger partial charge in [-0.05, 0) is 96.3 Å². The summed E-state index contributed by atoms with van der Waals surface area (Å²) in [7, 11) is 0. The van der Waals surface area contributed by atoms with Gasteiger partial charge in [-0.15, -0.1) is 0 Å². The minimum absolute atomic E-state index is 0.163. The van der Waals surface area contributed by atoms with E-state index >= 15 is 0 Å². The van der Waals surface area contributed by atoms with Gasteiger partial charge in [0, 0.05) is 19.3 Å². The van der Waals surface area contributed by atoms with Crippen LogP contribution in [0.5, 0.6) is 0 Å². The predicted molar refractivity (Wildman–Crippen MR) is 336 cm³/mol. The average molecular weight is 1100 g/mol. The second kappa shape index (κ2) is 63.8. The van der Waals surface area contributed by atoms with Gasteiger partial charge in [0.1, 0.15) is 19.8 Å². The zero-order valence-corrected chi connectivity index (χ0v) is 52.4. The Kier molecular flexibility index (Phi) is 61.8. The maximum atomic E-state index is 12.9. The molecule has 7 nitrogen and oxygen atoms in total. The summed E-state index contributed by atoms with van der Waals surface area (Å²) in [5.74, 6) is -0.989. The van der Waals surface area contributed by atoms with Crippen LogP contribution in [0.15, 0.2) is 36.5 Å². The van der Waals surface area contributed by atoms with Crippen molar-refractivity contribution in [3.8, 4) is 0 Å². The molecule has 0 radical (unpaired) electrons. The van der Waals surface area contributed by atoms with Gasteiger partial charge < -0.3 is 19.3 Å². The molecule has 0 aliphatic carbocycles. The molecule has 0 heterocycles. The molecule has 0 rings (SSSR count). The number of hydrogen-bond acceptors (Lipinski definition) is 7. The third kappa shape index (κ3) is 58.3. The normalized spacial score (nSPS) is 12.0. The van der Waals surface area contributed by atoms with Crippen molar-refractivity contribution in [3.63, 3.8) is 0 Å². The van der Waals surface area contributed by atoms with Crippen LogP contribution in [-0.2, 0) is 28.6 Å². The fourth-order valence-electron chi connectivity index (χ4n) is 10.3. The lowest BCUT2D eigenvalue weighted by molar-refractivity contribution is -0.165. The standard InChI is InChI=1S/C71H132O7/c1-4-7-10-13-16-19-22-25-28-31-34-37-40-43-46-49-52-55-58-61-68(73)76-65-71(64-72,66-77-69(74)62-59-56-53-50-47-44-41-38-35-32-29-26-23-20-17-14-11-8-5-2)67-78-70(75)63-60-57-54-51-48-45-42-39-36-33-30-27-24-21-18-15-12-9-6-3/h25-30,72H,4-24,31-67H2,1-3H3/b28-25-,29-26-,30-27-.